The molecule has 0 saturated heterocycles. The fourth-order valence-electron chi connectivity index (χ4n) is 3.00. The lowest BCUT2D eigenvalue weighted by molar-refractivity contribution is 0.543. The van der Waals surface area contributed by atoms with Crippen molar-refractivity contribution in [3.63, 3.8) is 0 Å². The number of hydrogen-bond acceptors (Lipinski definition) is 5. The Labute approximate surface area is 131 Å². The monoisotopic (exact) mass is 344 g/mol. The summed E-state index contributed by atoms with van der Waals surface area (Å²) in [5.74, 6) is -0.0950. The molecule has 114 valence electrons. The first-order valence-electron chi connectivity index (χ1n) is 6.74. The van der Waals surface area contributed by atoms with E-state index in [9.17, 15) is 13.2 Å². The van der Waals surface area contributed by atoms with Gasteiger partial charge in [0.25, 0.3) is 5.56 Å². The van der Waals surface area contributed by atoms with Crippen LogP contribution in [0.5, 0.6) is 0 Å². The average molecular weight is 344 g/mol. The van der Waals surface area contributed by atoms with Crippen molar-refractivity contribution in [2.75, 3.05) is 12.0 Å². The number of hydrogen-bond donors (Lipinski definition) is 1. The zero-order valence-corrected chi connectivity index (χ0v) is 14.3. The number of rotatable bonds is 3. The van der Waals surface area contributed by atoms with Crippen molar-refractivity contribution in [3.8, 4) is 0 Å². The smallest absolute Gasteiger partial charge is 0.263 e. The minimum absolute atomic E-state index is 0.0950. The molecule has 0 radical (unpaired) electrons. The Balaban J connectivity index is 2.24. The number of H-pyrrole nitrogens is 1. The van der Waals surface area contributed by atoms with Crippen molar-refractivity contribution in [2.24, 2.45) is 0 Å². The van der Waals surface area contributed by atoms with E-state index < -0.39 is 15.9 Å². The molecule has 0 bridgehead atoms. The van der Waals surface area contributed by atoms with Crippen molar-refractivity contribution in [3.05, 3.63) is 25.6 Å². The quantitative estimate of drug-likeness (QED) is 0.867. The number of fused-ring (bicyclic) bond motifs is 3. The Morgan fingerprint density at radius 3 is 2.81 bits per heavy atom. The second-order valence-corrected chi connectivity index (χ2v) is 9.28. The number of nitrogens with one attached hydrogen (secondary N) is 1. The summed E-state index contributed by atoms with van der Waals surface area (Å²) in [7, 11) is -3.17. The van der Waals surface area contributed by atoms with Gasteiger partial charge in [-0.25, -0.2) is 8.42 Å². The van der Waals surface area contributed by atoms with E-state index in [1.807, 2.05) is 0 Å². The summed E-state index contributed by atoms with van der Waals surface area (Å²) < 4.78 is 24.7. The van der Waals surface area contributed by atoms with Crippen molar-refractivity contribution >= 4 is 43.6 Å². The molecule has 1 N–H and O–H groups in total. The molecular weight excluding hydrogens is 328 g/mol. The highest BCUT2D eigenvalue weighted by Gasteiger charge is 2.23. The predicted molar refractivity (Wildman–Crippen MR) is 87.7 cm³/mol. The lowest BCUT2D eigenvalue weighted by Crippen LogP contribution is -2.29. The SMILES string of the molecule is CC(CS(C)(=O)=O)n1c(=S)[nH]c2sc3c(c2c1=O)CCC3. The molecule has 2 aromatic rings. The zero-order chi connectivity index (χ0) is 15.4. The molecule has 0 saturated carbocycles. The van der Waals surface area contributed by atoms with E-state index in [4.69, 9.17) is 12.2 Å². The van der Waals surface area contributed by atoms with Crippen LogP contribution in [-0.4, -0.2) is 30.0 Å². The normalized spacial score (nSPS) is 16.3. The topological polar surface area (TPSA) is 71.9 Å². The molecule has 1 aliphatic rings. The highest BCUT2D eigenvalue weighted by atomic mass is 32.2. The van der Waals surface area contributed by atoms with Gasteiger partial charge in [-0.15, -0.1) is 11.3 Å². The molecule has 5 nitrogen and oxygen atoms in total. The van der Waals surface area contributed by atoms with Crippen LogP contribution < -0.4 is 5.56 Å². The molecule has 0 aliphatic heterocycles. The van der Waals surface area contributed by atoms with Gasteiger partial charge in [-0.2, -0.15) is 0 Å². The summed E-state index contributed by atoms with van der Waals surface area (Å²) in [5.41, 5.74) is 0.954. The molecule has 2 heterocycles. The molecule has 1 atom stereocenters. The van der Waals surface area contributed by atoms with E-state index in [0.717, 1.165) is 29.7 Å². The van der Waals surface area contributed by atoms with Crippen LogP contribution in [0.1, 0.15) is 29.8 Å². The average Bonchev–Trinajstić information content (AvgIpc) is 2.84. The Hall–Kier alpha value is -0.990. The van der Waals surface area contributed by atoms with Gasteiger partial charge in [0.05, 0.1) is 17.2 Å². The Morgan fingerprint density at radius 1 is 1.43 bits per heavy atom. The maximum atomic E-state index is 12.8. The molecule has 0 fully saturated rings. The Bertz CT molecular complexity index is 934. The highest BCUT2D eigenvalue weighted by Crippen LogP contribution is 2.34. The van der Waals surface area contributed by atoms with Gasteiger partial charge in [-0.1, -0.05) is 0 Å². The van der Waals surface area contributed by atoms with E-state index in [1.54, 1.807) is 18.3 Å². The van der Waals surface area contributed by atoms with Crippen molar-refractivity contribution in [2.45, 2.75) is 32.2 Å². The standard InChI is InChI=1S/C13H16N2O3S3/c1-7(6-21(2,17)18)15-12(16)10-8-4-3-5-9(8)20-11(10)14-13(15)19/h7H,3-6H2,1-2H3,(H,14,19). The van der Waals surface area contributed by atoms with Crippen LogP contribution in [0.4, 0.5) is 0 Å². The molecular formula is C13H16N2O3S3. The molecule has 1 aliphatic carbocycles. The summed E-state index contributed by atoms with van der Waals surface area (Å²) in [6, 6.07) is -0.474. The fraction of sp³-hybridized carbons (Fsp3) is 0.538. The third kappa shape index (κ3) is 2.60. The summed E-state index contributed by atoms with van der Waals surface area (Å²) in [4.78, 5) is 18.0. The van der Waals surface area contributed by atoms with E-state index in [-0.39, 0.29) is 11.3 Å². The van der Waals surface area contributed by atoms with E-state index in [0.29, 0.717) is 10.2 Å². The molecule has 0 amide bonds. The number of aromatic nitrogens is 2. The molecule has 8 heteroatoms. The van der Waals surface area contributed by atoms with Crippen LogP contribution in [0.25, 0.3) is 10.2 Å². The minimum atomic E-state index is -3.17. The minimum Gasteiger partial charge on any atom is -0.323 e. The lowest BCUT2D eigenvalue weighted by atomic mass is 10.2. The summed E-state index contributed by atoms with van der Waals surface area (Å²) >= 11 is 6.85. The van der Waals surface area contributed by atoms with Gasteiger partial charge in [0.2, 0.25) is 0 Å². The second kappa shape index (κ2) is 5.03. The van der Waals surface area contributed by atoms with Gasteiger partial charge in [0.15, 0.2) is 4.77 Å². The van der Waals surface area contributed by atoms with Gasteiger partial charge in [0.1, 0.15) is 14.7 Å². The first-order chi connectivity index (χ1) is 9.78. The number of aryl methyl sites for hydroxylation is 2. The third-order valence-electron chi connectivity index (χ3n) is 3.78. The van der Waals surface area contributed by atoms with Crippen LogP contribution in [0, 0.1) is 4.77 Å². The van der Waals surface area contributed by atoms with Gasteiger partial charge < -0.3 is 4.98 Å². The molecule has 0 aromatic carbocycles. The maximum absolute atomic E-state index is 12.8. The zero-order valence-electron chi connectivity index (χ0n) is 11.8. The summed E-state index contributed by atoms with van der Waals surface area (Å²) in [6.07, 6.45) is 4.16. The molecule has 3 rings (SSSR count). The van der Waals surface area contributed by atoms with Crippen molar-refractivity contribution in [1.29, 1.82) is 0 Å². The van der Waals surface area contributed by atoms with Crippen LogP contribution in [0.15, 0.2) is 4.79 Å². The summed E-state index contributed by atoms with van der Waals surface area (Å²) in [5, 5.41) is 0.696. The van der Waals surface area contributed by atoms with Crippen LogP contribution in [-0.2, 0) is 22.7 Å². The predicted octanol–water partition coefficient (Wildman–Crippen LogP) is 2.21. The molecule has 2 aromatic heterocycles. The van der Waals surface area contributed by atoms with Gasteiger partial charge in [-0.3, -0.25) is 9.36 Å². The lowest BCUT2D eigenvalue weighted by Gasteiger charge is -2.14. The van der Waals surface area contributed by atoms with Crippen LogP contribution >= 0.6 is 23.6 Å². The molecule has 0 spiro atoms. The van der Waals surface area contributed by atoms with Crippen LogP contribution in [0.3, 0.4) is 0 Å². The first kappa shape index (κ1) is 14.9. The largest absolute Gasteiger partial charge is 0.323 e. The van der Waals surface area contributed by atoms with Crippen LogP contribution in [0.2, 0.25) is 0 Å². The molecule has 21 heavy (non-hydrogen) atoms. The number of thiophene rings is 1. The first-order valence-corrected chi connectivity index (χ1v) is 10.0. The third-order valence-corrected chi connectivity index (χ3v) is 6.37. The van der Waals surface area contributed by atoms with E-state index >= 15 is 0 Å². The molecule has 1 unspecified atom stereocenters. The number of nitrogens with zero attached hydrogens (tertiary/aromatic N) is 1. The van der Waals surface area contributed by atoms with Gasteiger partial charge >= 0.3 is 0 Å². The fourth-order valence-corrected chi connectivity index (χ4v) is 5.74. The Kier molecular flexibility index (Phi) is 3.58. The second-order valence-electron chi connectivity index (χ2n) is 5.61. The van der Waals surface area contributed by atoms with Gasteiger partial charge in [0, 0.05) is 11.1 Å². The maximum Gasteiger partial charge on any atom is 0.263 e. The highest BCUT2D eigenvalue weighted by molar-refractivity contribution is 7.90. The number of aromatic amines is 1. The van der Waals surface area contributed by atoms with Gasteiger partial charge in [-0.05, 0) is 44.0 Å². The van der Waals surface area contributed by atoms with E-state index in [1.165, 1.54) is 15.7 Å². The number of sulfone groups is 1. The van der Waals surface area contributed by atoms with Crippen molar-refractivity contribution in [1.82, 2.24) is 9.55 Å². The summed E-state index contributed by atoms with van der Waals surface area (Å²) in [6.45, 7) is 1.71. The Morgan fingerprint density at radius 2 is 2.14 bits per heavy atom. The van der Waals surface area contributed by atoms with E-state index in [2.05, 4.69) is 4.98 Å². The van der Waals surface area contributed by atoms with Crippen molar-refractivity contribution < 1.29 is 8.42 Å².